The molecule has 2 aliphatic heterocycles. The number of nitrogens with one attached hydrogen (secondary N) is 1. The van der Waals surface area contributed by atoms with Crippen molar-refractivity contribution in [3.8, 4) is 0 Å². The number of aryl methyl sites for hydroxylation is 1. The number of hydrogen-bond donors (Lipinski definition) is 1. The van der Waals surface area contributed by atoms with Crippen LogP contribution in [0.4, 0.5) is 5.69 Å². The van der Waals surface area contributed by atoms with E-state index in [-0.39, 0.29) is 6.10 Å². The quantitative estimate of drug-likeness (QED) is 0.873. The zero-order valence-corrected chi connectivity index (χ0v) is 12.5. The van der Waals surface area contributed by atoms with Gasteiger partial charge >= 0.3 is 0 Å². The minimum atomic E-state index is 0.268. The minimum absolute atomic E-state index is 0.268. The fourth-order valence-corrected chi connectivity index (χ4v) is 4.34. The van der Waals surface area contributed by atoms with Crippen molar-refractivity contribution >= 4 is 17.0 Å². The number of thiophene rings is 1. The molecule has 2 aromatic rings. The summed E-state index contributed by atoms with van der Waals surface area (Å²) < 4.78 is 6.08. The van der Waals surface area contributed by atoms with Gasteiger partial charge in [-0.25, -0.2) is 0 Å². The molecular formula is C17H19NOS. The van der Waals surface area contributed by atoms with Crippen molar-refractivity contribution in [2.24, 2.45) is 5.92 Å². The van der Waals surface area contributed by atoms with Crippen LogP contribution in [0, 0.1) is 5.92 Å². The molecule has 1 aromatic heterocycles. The molecule has 2 aliphatic rings. The zero-order chi connectivity index (χ0) is 13.5. The Kier molecular flexibility index (Phi) is 3.04. The second kappa shape index (κ2) is 4.90. The summed E-state index contributed by atoms with van der Waals surface area (Å²) in [5.74, 6) is 0.563. The van der Waals surface area contributed by atoms with E-state index in [1.165, 1.54) is 21.7 Å². The molecule has 3 heterocycles. The highest BCUT2D eigenvalue weighted by atomic mass is 32.1. The van der Waals surface area contributed by atoms with Crippen LogP contribution >= 0.6 is 11.3 Å². The van der Waals surface area contributed by atoms with Gasteiger partial charge in [-0.15, -0.1) is 11.3 Å². The van der Waals surface area contributed by atoms with Crippen LogP contribution in [0.5, 0.6) is 0 Å². The molecule has 1 saturated heterocycles. The highest BCUT2D eigenvalue weighted by molar-refractivity contribution is 7.10. The van der Waals surface area contributed by atoms with Crippen molar-refractivity contribution in [1.29, 1.82) is 0 Å². The van der Waals surface area contributed by atoms with Gasteiger partial charge in [-0.2, -0.15) is 0 Å². The van der Waals surface area contributed by atoms with Crippen LogP contribution in [-0.2, 0) is 11.2 Å². The number of fused-ring (bicyclic) bond motifs is 3. The average molecular weight is 285 g/mol. The fraction of sp³-hybridized carbons (Fsp3) is 0.412. The zero-order valence-electron chi connectivity index (χ0n) is 11.6. The summed E-state index contributed by atoms with van der Waals surface area (Å²) in [6, 6.07) is 11.6. The van der Waals surface area contributed by atoms with Crippen LogP contribution in [0.25, 0.3) is 0 Å². The highest BCUT2D eigenvalue weighted by Gasteiger charge is 2.41. The molecule has 3 atom stereocenters. The molecule has 4 rings (SSSR count). The number of benzene rings is 1. The molecule has 1 N–H and O–H groups in total. The molecule has 0 bridgehead atoms. The largest absolute Gasteiger partial charge is 0.377 e. The average Bonchev–Trinajstić information content (AvgIpc) is 3.17. The van der Waals surface area contributed by atoms with E-state index in [1.54, 1.807) is 0 Å². The summed E-state index contributed by atoms with van der Waals surface area (Å²) in [6.07, 6.45) is 2.50. The molecule has 0 spiro atoms. The van der Waals surface area contributed by atoms with E-state index in [0.717, 1.165) is 19.4 Å². The lowest BCUT2D eigenvalue weighted by atomic mass is 9.83. The summed E-state index contributed by atoms with van der Waals surface area (Å²) in [5.41, 5.74) is 4.01. The van der Waals surface area contributed by atoms with Crippen molar-refractivity contribution in [1.82, 2.24) is 0 Å². The van der Waals surface area contributed by atoms with E-state index in [4.69, 9.17) is 4.74 Å². The van der Waals surface area contributed by atoms with E-state index >= 15 is 0 Å². The first-order valence-electron chi connectivity index (χ1n) is 7.41. The van der Waals surface area contributed by atoms with Gasteiger partial charge in [0.05, 0.1) is 12.1 Å². The Morgan fingerprint density at radius 3 is 3.10 bits per heavy atom. The third-order valence-electron chi connectivity index (χ3n) is 4.56. The Bertz CT molecular complexity index is 607. The van der Waals surface area contributed by atoms with Gasteiger partial charge in [-0.1, -0.05) is 25.1 Å². The molecule has 2 nitrogen and oxygen atoms in total. The Labute approximate surface area is 123 Å². The third-order valence-corrected chi connectivity index (χ3v) is 5.51. The molecule has 0 unspecified atom stereocenters. The van der Waals surface area contributed by atoms with Gasteiger partial charge < -0.3 is 10.1 Å². The van der Waals surface area contributed by atoms with E-state index in [2.05, 4.69) is 48.0 Å². The van der Waals surface area contributed by atoms with Crippen LogP contribution < -0.4 is 5.32 Å². The summed E-state index contributed by atoms with van der Waals surface area (Å²) in [4.78, 5) is 1.43. The predicted molar refractivity (Wildman–Crippen MR) is 83.3 cm³/mol. The normalized spacial score (nSPS) is 27.8. The van der Waals surface area contributed by atoms with Crippen molar-refractivity contribution in [3.05, 3.63) is 51.7 Å². The lowest BCUT2D eigenvalue weighted by Gasteiger charge is -2.36. The molecule has 0 aliphatic carbocycles. The van der Waals surface area contributed by atoms with Gasteiger partial charge in [0.2, 0.25) is 0 Å². The van der Waals surface area contributed by atoms with Gasteiger partial charge in [-0.05, 0) is 35.9 Å². The molecule has 3 heteroatoms. The van der Waals surface area contributed by atoms with Gasteiger partial charge in [0.1, 0.15) is 0 Å². The van der Waals surface area contributed by atoms with E-state index in [0.29, 0.717) is 12.0 Å². The maximum absolute atomic E-state index is 6.08. The second-order valence-corrected chi connectivity index (χ2v) is 6.64. The third kappa shape index (κ3) is 1.88. The van der Waals surface area contributed by atoms with E-state index < -0.39 is 0 Å². The van der Waals surface area contributed by atoms with Crippen molar-refractivity contribution in [2.45, 2.75) is 31.9 Å². The van der Waals surface area contributed by atoms with Gasteiger partial charge in [-0.3, -0.25) is 0 Å². The van der Waals surface area contributed by atoms with Gasteiger partial charge in [0.15, 0.2) is 0 Å². The SMILES string of the molecule is CCc1ccc2c(c1)[C@@H]1OCC[C@@H]1[C@@H](c1cccs1)N2. The van der Waals surface area contributed by atoms with Crippen LogP contribution in [0.1, 0.15) is 41.5 Å². The first kappa shape index (κ1) is 12.4. The molecule has 1 fully saturated rings. The summed E-state index contributed by atoms with van der Waals surface area (Å²) in [7, 11) is 0. The van der Waals surface area contributed by atoms with Gasteiger partial charge in [0, 0.05) is 28.7 Å². The van der Waals surface area contributed by atoms with Crippen molar-refractivity contribution < 1.29 is 4.74 Å². The molecule has 1 aromatic carbocycles. The Morgan fingerprint density at radius 2 is 2.30 bits per heavy atom. The summed E-state index contributed by atoms with van der Waals surface area (Å²) in [6.45, 7) is 3.09. The lowest BCUT2D eigenvalue weighted by Crippen LogP contribution is -2.28. The summed E-state index contributed by atoms with van der Waals surface area (Å²) in [5, 5.41) is 5.92. The Balaban J connectivity index is 1.78. The Morgan fingerprint density at radius 1 is 1.35 bits per heavy atom. The van der Waals surface area contributed by atoms with E-state index in [1.807, 2.05) is 11.3 Å². The molecule has 0 radical (unpaired) electrons. The Hall–Kier alpha value is -1.32. The number of hydrogen-bond acceptors (Lipinski definition) is 3. The first-order valence-corrected chi connectivity index (χ1v) is 8.29. The van der Waals surface area contributed by atoms with Crippen LogP contribution in [0.15, 0.2) is 35.7 Å². The second-order valence-electron chi connectivity index (χ2n) is 5.66. The monoisotopic (exact) mass is 285 g/mol. The molecule has 0 saturated carbocycles. The summed E-state index contributed by atoms with van der Waals surface area (Å²) >= 11 is 1.84. The lowest BCUT2D eigenvalue weighted by molar-refractivity contribution is 0.0832. The first-order chi connectivity index (χ1) is 9.86. The topological polar surface area (TPSA) is 21.3 Å². The predicted octanol–water partition coefficient (Wildman–Crippen LogP) is 4.55. The number of anilines is 1. The van der Waals surface area contributed by atoms with Gasteiger partial charge in [0.25, 0.3) is 0 Å². The van der Waals surface area contributed by atoms with E-state index in [9.17, 15) is 0 Å². The number of ether oxygens (including phenoxy) is 1. The van der Waals surface area contributed by atoms with Crippen LogP contribution in [-0.4, -0.2) is 6.61 Å². The standard InChI is InChI=1S/C17H19NOS/c1-2-11-5-6-14-13(10-11)17-12(7-8-19-17)16(18-14)15-4-3-9-20-15/h3-6,9-10,12,16-18H,2,7-8H2,1H3/t12-,16+,17-/m1/s1. The van der Waals surface area contributed by atoms with Crippen LogP contribution in [0.2, 0.25) is 0 Å². The minimum Gasteiger partial charge on any atom is -0.377 e. The smallest absolute Gasteiger partial charge is 0.0897 e. The molecule has 0 amide bonds. The maximum atomic E-state index is 6.08. The van der Waals surface area contributed by atoms with Crippen LogP contribution in [0.3, 0.4) is 0 Å². The molecular weight excluding hydrogens is 266 g/mol. The highest BCUT2D eigenvalue weighted by Crippen LogP contribution is 2.50. The molecule has 104 valence electrons. The maximum Gasteiger partial charge on any atom is 0.0897 e. The van der Waals surface area contributed by atoms with Crippen molar-refractivity contribution in [2.75, 3.05) is 11.9 Å². The number of rotatable bonds is 2. The fourth-order valence-electron chi connectivity index (χ4n) is 3.49. The molecule has 20 heavy (non-hydrogen) atoms. The van der Waals surface area contributed by atoms with Crippen molar-refractivity contribution in [3.63, 3.8) is 0 Å².